The van der Waals surface area contributed by atoms with Gasteiger partial charge in [-0.3, -0.25) is 0 Å². The van der Waals surface area contributed by atoms with Gasteiger partial charge >= 0.3 is 6.61 Å². The van der Waals surface area contributed by atoms with E-state index in [1.165, 1.54) is 12.1 Å². The largest absolute Gasteiger partial charge is 0.432 e. The van der Waals surface area contributed by atoms with Gasteiger partial charge in [0.1, 0.15) is 0 Å². The number of alkyl halides is 2. The van der Waals surface area contributed by atoms with Crippen LogP contribution in [-0.2, 0) is 0 Å². The smallest absolute Gasteiger partial charge is 0.387 e. The summed E-state index contributed by atoms with van der Waals surface area (Å²) in [7, 11) is 0. The third kappa shape index (κ3) is 2.65. The summed E-state index contributed by atoms with van der Waals surface area (Å²) in [6.45, 7) is 2.46. The van der Waals surface area contributed by atoms with Crippen molar-refractivity contribution in [3.8, 4) is 5.75 Å². The molecule has 1 unspecified atom stereocenters. The van der Waals surface area contributed by atoms with Crippen LogP contribution in [0.3, 0.4) is 0 Å². The van der Waals surface area contributed by atoms with E-state index < -0.39 is 18.2 Å². The van der Waals surface area contributed by atoms with E-state index in [9.17, 15) is 13.2 Å². The molecule has 0 fully saturated rings. The second-order valence-corrected chi connectivity index (χ2v) is 2.97. The molecule has 1 atom stereocenters. The standard InChI is InChI=1S/C10H10F3O/c1-6(2)7-3-4-9(8(11)5-7)14-10(12)13/h3-6,10H,1H2,2H3. The van der Waals surface area contributed by atoms with E-state index in [2.05, 4.69) is 11.7 Å². The molecule has 0 saturated heterocycles. The number of hydrogen-bond donors (Lipinski definition) is 0. The zero-order valence-electron chi connectivity index (χ0n) is 7.64. The van der Waals surface area contributed by atoms with E-state index in [1.807, 2.05) is 0 Å². The number of rotatable bonds is 3. The van der Waals surface area contributed by atoms with E-state index in [-0.39, 0.29) is 5.92 Å². The summed E-state index contributed by atoms with van der Waals surface area (Å²) in [5.74, 6) is -1.33. The first-order chi connectivity index (χ1) is 6.50. The van der Waals surface area contributed by atoms with Gasteiger partial charge in [-0.05, 0) is 30.5 Å². The number of hydrogen-bond acceptors (Lipinski definition) is 1. The van der Waals surface area contributed by atoms with Crippen molar-refractivity contribution in [3.63, 3.8) is 0 Å². The maximum atomic E-state index is 13.1. The van der Waals surface area contributed by atoms with Gasteiger partial charge < -0.3 is 4.74 Å². The maximum Gasteiger partial charge on any atom is 0.387 e. The van der Waals surface area contributed by atoms with E-state index >= 15 is 0 Å². The quantitative estimate of drug-likeness (QED) is 0.731. The van der Waals surface area contributed by atoms with Crippen molar-refractivity contribution in [2.75, 3.05) is 0 Å². The molecule has 0 aromatic heterocycles. The van der Waals surface area contributed by atoms with Crippen LogP contribution in [0.1, 0.15) is 18.4 Å². The van der Waals surface area contributed by atoms with Crippen LogP contribution >= 0.6 is 0 Å². The molecule has 0 N–H and O–H groups in total. The highest BCUT2D eigenvalue weighted by Crippen LogP contribution is 2.23. The predicted molar refractivity (Wildman–Crippen MR) is 46.8 cm³/mol. The Balaban J connectivity index is 2.90. The van der Waals surface area contributed by atoms with Crippen LogP contribution in [0.25, 0.3) is 0 Å². The molecule has 1 nitrogen and oxygen atoms in total. The molecule has 0 aliphatic carbocycles. The van der Waals surface area contributed by atoms with Crippen molar-refractivity contribution in [1.82, 2.24) is 0 Å². The molecule has 0 saturated carbocycles. The molecular formula is C10H10F3O. The van der Waals surface area contributed by atoms with Crippen molar-refractivity contribution in [2.45, 2.75) is 19.5 Å². The fourth-order valence-electron chi connectivity index (χ4n) is 1.02. The second-order valence-electron chi connectivity index (χ2n) is 2.97. The Hall–Kier alpha value is -1.19. The third-order valence-corrected chi connectivity index (χ3v) is 1.74. The van der Waals surface area contributed by atoms with Gasteiger partial charge in [0, 0.05) is 0 Å². The van der Waals surface area contributed by atoms with Crippen molar-refractivity contribution in [1.29, 1.82) is 0 Å². The summed E-state index contributed by atoms with van der Waals surface area (Å²) < 4.78 is 40.6. The molecule has 0 bridgehead atoms. The van der Waals surface area contributed by atoms with Crippen LogP contribution < -0.4 is 4.74 Å². The maximum absolute atomic E-state index is 13.1. The minimum atomic E-state index is -3.01. The van der Waals surface area contributed by atoms with Crippen LogP contribution in [0, 0.1) is 12.7 Å². The summed E-state index contributed by atoms with van der Waals surface area (Å²) in [6.07, 6.45) is 0. The first kappa shape index (κ1) is 10.9. The average Bonchev–Trinajstić information content (AvgIpc) is 2.07. The van der Waals surface area contributed by atoms with Crippen molar-refractivity contribution >= 4 is 0 Å². The fraction of sp³-hybridized carbons (Fsp3) is 0.300. The molecule has 1 radical (unpaired) electrons. The number of halogens is 3. The molecule has 4 heteroatoms. The summed E-state index contributed by atoms with van der Waals surface area (Å²) >= 11 is 0. The van der Waals surface area contributed by atoms with Crippen LogP contribution in [0.4, 0.5) is 13.2 Å². The minimum absolute atomic E-state index is 0.0925. The van der Waals surface area contributed by atoms with Crippen molar-refractivity contribution < 1.29 is 17.9 Å². The highest BCUT2D eigenvalue weighted by atomic mass is 19.3. The Morgan fingerprint density at radius 2 is 2.00 bits per heavy atom. The van der Waals surface area contributed by atoms with Crippen molar-refractivity contribution in [3.05, 3.63) is 36.5 Å². The second kappa shape index (κ2) is 4.35. The van der Waals surface area contributed by atoms with Gasteiger partial charge in [-0.25, -0.2) is 4.39 Å². The van der Waals surface area contributed by atoms with Gasteiger partial charge in [0.15, 0.2) is 11.6 Å². The van der Waals surface area contributed by atoms with Gasteiger partial charge in [0.05, 0.1) is 0 Å². The van der Waals surface area contributed by atoms with Crippen LogP contribution in [0.5, 0.6) is 5.75 Å². The van der Waals surface area contributed by atoms with Crippen LogP contribution in [0.15, 0.2) is 18.2 Å². The Bertz CT molecular complexity index is 310. The Labute approximate surface area is 80.5 Å². The Morgan fingerprint density at radius 3 is 2.43 bits per heavy atom. The van der Waals surface area contributed by atoms with E-state index in [4.69, 9.17) is 0 Å². The molecule has 0 spiro atoms. The third-order valence-electron chi connectivity index (χ3n) is 1.74. The predicted octanol–water partition coefficient (Wildman–Crippen LogP) is 3.36. The van der Waals surface area contributed by atoms with Gasteiger partial charge in [-0.2, -0.15) is 8.78 Å². The zero-order chi connectivity index (χ0) is 10.7. The molecule has 0 heterocycles. The molecular weight excluding hydrogens is 193 g/mol. The minimum Gasteiger partial charge on any atom is -0.432 e. The van der Waals surface area contributed by atoms with E-state index in [0.29, 0.717) is 5.56 Å². The molecule has 0 aliphatic heterocycles. The van der Waals surface area contributed by atoms with Crippen LogP contribution in [-0.4, -0.2) is 6.61 Å². The Kier molecular flexibility index (Phi) is 3.38. The molecule has 0 aliphatic rings. The zero-order valence-corrected chi connectivity index (χ0v) is 7.64. The van der Waals surface area contributed by atoms with Gasteiger partial charge in [-0.15, -0.1) is 0 Å². The average molecular weight is 203 g/mol. The lowest BCUT2D eigenvalue weighted by Gasteiger charge is -2.09. The summed E-state index contributed by atoms with van der Waals surface area (Å²) in [6, 6.07) is 3.84. The van der Waals surface area contributed by atoms with Gasteiger partial charge in [0.2, 0.25) is 0 Å². The molecule has 1 rings (SSSR count). The fourth-order valence-corrected chi connectivity index (χ4v) is 1.02. The lowest BCUT2D eigenvalue weighted by molar-refractivity contribution is -0.0522. The highest BCUT2D eigenvalue weighted by Gasteiger charge is 2.11. The van der Waals surface area contributed by atoms with Gasteiger partial charge in [-0.1, -0.05) is 13.0 Å². The number of ether oxygens (including phenoxy) is 1. The van der Waals surface area contributed by atoms with Crippen molar-refractivity contribution in [2.24, 2.45) is 0 Å². The normalized spacial score (nSPS) is 11.1. The summed E-state index contributed by atoms with van der Waals surface area (Å²) in [5.41, 5.74) is 0.643. The van der Waals surface area contributed by atoms with E-state index in [0.717, 1.165) is 6.07 Å². The molecule has 0 amide bonds. The summed E-state index contributed by atoms with van der Waals surface area (Å²) in [5, 5.41) is 0. The monoisotopic (exact) mass is 203 g/mol. The highest BCUT2D eigenvalue weighted by molar-refractivity contribution is 5.31. The first-order valence-corrected chi connectivity index (χ1v) is 4.08. The SMILES string of the molecule is [CH2]C(C)c1ccc(OC(F)F)c(F)c1. The molecule has 1 aromatic rings. The lowest BCUT2D eigenvalue weighted by Crippen LogP contribution is -2.04. The molecule has 1 aromatic carbocycles. The number of benzene rings is 1. The van der Waals surface area contributed by atoms with Crippen LogP contribution in [0.2, 0.25) is 0 Å². The van der Waals surface area contributed by atoms with Gasteiger partial charge in [0.25, 0.3) is 0 Å². The molecule has 14 heavy (non-hydrogen) atoms. The topological polar surface area (TPSA) is 9.23 Å². The molecule has 77 valence electrons. The lowest BCUT2D eigenvalue weighted by atomic mass is 10.0. The Morgan fingerprint density at radius 1 is 1.36 bits per heavy atom. The first-order valence-electron chi connectivity index (χ1n) is 4.08. The van der Waals surface area contributed by atoms with E-state index in [1.54, 1.807) is 6.92 Å². The summed E-state index contributed by atoms with van der Waals surface area (Å²) in [4.78, 5) is 0.